The topological polar surface area (TPSA) is 66.8 Å². The van der Waals surface area contributed by atoms with Gasteiger partial charge in [0.05, 0.1) is 0 Å². The summed E-state index contributed by atoms with van der Waals surface area (Å²) in [6.07, 6.45) is 3.36. The molecule has 1 atom stereocenters. The number of carboxylic acid groups (broad SMARTS) is 1. The van der Waals surface area contributed by atoms with Crippen LogP contribution in [-0.4, -0.2) is 47.7 Å². The molecule has 2 rings (SSSR count). The van der Waals surface area contributed by atoms with Crippen LogP contribution in [0, 0.1) is 5.92 Å². The number of hydrogen-bond acceptors (Lipinski definition) is 3. The Labute approximate surface area is 101 Å². The molecule has 2 aliphatic heterocycles. The number of carbonyl (C=O) groups excluding carboxylic acids is 1. The summed E-state index contributed by atoms with van der Waals surface area (Å²) in [5.41, 5.74) is 0. The van der Waals surface area contributed by atoms with Gasteiger partial charge in [-0.2, -0.15) is 0 Å². The van der Waals surface area contributed by atoms with Crippen LogP contribution in [0.4, 0.5) is 0 Å². The molecule has 1 amide bonds. The van der Waals surface area contributed by atoms with E-state index in [1.807, 2.05) is 4.90 Å². The van der Waals surface area contributed by atoms with Crippen LogP contribution in [0.3, 0.4) is 0 Å². The lowest BCUT2D eigenvalue weighted by Crippen LogP contribution is -2.43. The summed E-state index contributed by atoms with van der Waals surface area (Å²) in [5, 5.41) is 8.71. The Morgan fingerprint density at radius 2 is 1.94 bits per heavy atom. The van der Waals surface area contributed by atoms with Crippen LogP contribution in [0.15, 0.2) is 0 Å². The van der Waals surface area contributed by atoms with Gasteiger partial charge in [-0.3, -0.25) is 9.59 Å². The van der Waals surface area contributed by atoms with Gasteiger partial charge in [0.15, 0.2) is 0 Å². The molecule has 2 saturated heterocycles. The summed E-state index contributed by atoms with van der Waals surface area (Å²) in [7, 11) is 0. The molecule has 1 N–H and O–H groups in total. The second kappa shape index (κ2) is 5.49. The van der Waals surface area contributed by atoms with Crippen molar-refractivity contribution in [2.45, 2.75) is 38.2 Å². The Morgan fingerprint density at radius 1 is 1.24 bits per heavy atom. The third-order valence-corrected chi connectivity index (χ3v) is 3.59. The van der Waals surface area contributed by atoms with E-state index in [0.717, 1.165) is 25.7 Å². The number of ether oxygens (including phenoxy) is 1. The minimum absolute atomic E-state index is 0.0938. The monoisotopic (exact) mass is 241 g/mol. The molecule has 2 aliphatic rings. The molecule has 5 nitrogen and oxygen atoms in total. The number of amides is 1. The van der Waals surface area contributed by atoms with Crippen molar-refractivity contribution in [1.82, 2.24) is 4.90 Å². The maximum atomic E-state index is 12.0. The van der Waals surface area contributed by atoms with Gasteiger partial charge in [-0.1, -0.05) is 0 Å². The van der Waals surface area contributed by atoms with E-state index in [0.29, 0.717) is 19.7 Å². The fourth-order valence-corrected chi connectivity index (χ4v) is 2.58. The number of carboxylic acids is 1. The predicted octanol–water partition coefficient (Wildman–Crippen LogP) is 0.879. The number of likely N-dealkylation sites (tertiary alicyclic amines) is 1. The first-order valence-corrected chi connectivity index (χ1v) is 6.29. The van der Waals surface area contributed by atoms with Crippen molar-refractivity contribution >= 4 is 11.9 Å². The zero-order valence-electron chi connectivity index (χ0n) is 9.93. The standard InChI is InChI=1S/C12H19NO4/c14-11(15)8-9-3-5-13(6-4-9)12(16)10-2-1-7-17-10/h9-10H,1-8H2,(H,14,15). The lowest BCUT2D eigenvalue weighted by Gasteiger charge is -2.32. The van der Waals surface area contributed by atoms with Crippen molar-refractivity contribution in [3.8, 4) is 0 Å². The summed E-state index contributed by atoms with van der Waals surface area (Å²) in [4.78, 5) is 24.4. The Morgan fingerprint density at radius 3 is 2.47 bits per heavy atom. The molecule has 2 heterocycles. The van der Waals surface area contributed by atoms with Crippen LogP contribution in [0.25, 0.3) is 0 Å². The van der Waals surface area contributed by atoms with Gasteiger partial charge >= 0.3 is 5.97 Å². The fraction of sp³-hybridized carbons (Fsp3) is 0.833. The molecule has 17 heavy (non-hydrogen) atoms. The highest BCUT2D eigenvalue weighted by Gasteiger charge is 2.31. The van der Waals surface area contributed by atoms with Crippen LogP contribution in [0.2, 0.25) is 0 Å². The lowest BCUT2D eigenvalue weighted by atomic mass is 9.93. The van der Waals surface area contributed by atoms with E-state index in [-0.39, 0.29) is 24.3 Å². The van der Waals surface area contributed by atoms with Crippen molar-refractivity contribution in [2.24, 2.45) is 5.92 Å². The molecular weight excluding hydrogens is 222 g/mol. The predicted molar refractivity (Wildman–Crippen MR) is 60.5 cm³/mol. The van der Waals surface area contributed by atoms with Gasteiger partial charge in [0, 0.05) is 26.1 Å². The third kappa shape index (κ3) is 3.19. The van der Waals surface area contributed by atoms with Crippen molar-refractivity contribution in [3.05, 3.63) is 0 Å². The number of nitrogens with zero attached hydrogens (tertiary/aromatic N) is 1. The summed E-state index contributed by atoms with van der Waals surface area (Å²) in [6, 6.07) is 0. The normalized spacial score (nSPS) is 26.1. The van der Waals surface area contributed by atoms with Gasteiger partial charge < -0.3 is 14.7 Å². The Balaban J connectivity index is 1.78. The number of rotatable bonds is 3. The van der Waals surface area contributed by atoms with Gasteiger partial charge in [0.1, 0.15) is 6.10 Å². The average molecular weight is 241 g/mol. The lowest BCUT2D eigenvalue weighted by molar-refractivity contribution is -0.143. The maximum Gasteiger partial charge on any atom is 0.303 e. The van der Waals surface area contributed by atoms with E-state index in [2.05, 4.69) is 0 Å². The second-order valence-electron chi connectivity index (χ2n) is 4.87. The van der Waals surface area contributed by atoms with Crippen LogP contribution < -0.4 is 0 Å². The van der Waals surface area contributed by atoms with Crippen LogP contribution in [0.5, 0.6) is 0 Å². The first-order valence-electron chi connectivity index (χ1n) is 6.29. The number of piperidine rings is 1. The molecule has 96 valence electrons. The molecule has 0 aromatic heterocycles. The van der Waals surface area contributed by atoms with E-state index >= 15 is 0 Å². The van der Waals surface area contributed by atoms with Crippen LogP contribution in [-0.2, 0) is 14.3 Å². The SMILES string of the molecule is O=C(O)CC1CCN(C(=O)C2CCCO2)CC1. The fourth-order valence-electron chi connectivity index (χ4n) is 2.58. The summed E-state index contributed by atoms with van der Waals surface area (Å²) in [5.74, 6) is -0.425. The molecule has 0 aromatic carbocycles. The van der Waals surface area contributed by atoms with Crippen molar-refractivity contribution in [2.75, 3.05) is 19.7 Å². The van der Waals surface area contributed by atoms with E-state index in [1.165, 1.54) is 0 Å². The highest BCUT2D eigenvalue weighted by Crippen LogP contribution is 2.23. The molecule has 0 bridgehead atoms. The average Bonchev–Trinajstić information content (AvgIpc) is 2.82. The van der Waals surface area contributed by atoms with Crippen LogP contribution >= 0.6 is 0 Å². The van der Waals surface area contributed by atoms with E-state index in [9.17, 15) is 9.59 Å². The number of carbonyl (C=O) groups is 2. The molecule has 5 heteroatoms. The first-order chi connectivity index (χ1) is 8.16. The molecular formula is C12H19NO4. The molecule has 0 spiro atoms. The van der Waals surface area contributed by atoms with Gasteiger partial charge in [-0.05, 0) is 31.6 Å². The summed E-state index contributed by atoms with van der Waals surface area (Å²) < 4.78 is 5.37. The van der Waals surface area contributed by atoms with Crippen LogP contribution in [0.1, 0.15) is 32.1 Å². The quantitative estimate of drug-likeness (QED) is 0.796. The first kappa shape index (κ1) is 12.4. The van der Waals surface area contributed by atoms with E-state index in [1.54, 1.807) is 0 Å². The maximum absolute atomic E-state index is 12.0. The third-order valence-electron chi connectivity index (χ3n) is 3.59. The van der Waals surface area contributed by atoms with Crippen molar-refractivity contribution < 1.29 is 19.4 Å². The van der Waals surface area contributed by atoms with Gasteiger partial charge in [0.2, 0.25) is 0 Å². The molecule has 0 saturated carbocycles. The Kier molecular flexibility index (Phi) is 3.99. The Bertz CT molecular complexity index is 291. The molecule has 2 fully saturated rings. The van der Waals surface area contributed by atoms with Crippen molar-refractivity contribution in [3.63, 3.8) is 0 Å². The number of hydrogen-bond donors (Lipinski definition) is 1. The minimum atomic E-state index is -0.742. The largest absolute Gasteiger partial charge is 0.481 e. The highest BCUT2D eigenvalue weighted by atomic mass is 16.5. The number of aliphatic carboxylic acids is 1. The van der Waals surface area contributed by atoms with Gasteiger partial charge in [-0.15, -0.1) is 0 Å². The van der Waals surface area contributed by atoms with E-state index in [4.69, 9.17) is 9.84 Å². The highest BCUT2D eigenvalue weighted by molar-refractivity contribution is 5.81. The molecule has 0 aliphatic carbocycles. The van der Waals surface area contributed by atoms with Gasteiger partial charge in [-0.25, -0.2) is 0 Å². The zero-order chi connectivity index (χ0) is 12.3. The van der Waals surface area contributed by atoms with Gasteiger partial charge in [0.25, 0.3) is 5.91 Å². The minimum Gasteiger partial charge on any atom is -0.481 e. The summed E-state index contributed by atoms with van der Waals surface area (Å²) in [6.45, 7) is 2.04. The summed E-state index contributed by atoms with van der Waals surface area (Å²) >= 11 is 0. The zero-order valence-corrected chi connectivity index (χ0v) is 9.93. The molecule has 0 radical (unpaired) electrons. The van der Waals surface area contributed by atoms with E-state index < -0.39 is 5.97 Å². The Hall–Kier alpha value is -1.10. The van der Waals surface area contributed by atoms with Crippen molar-refractivity contribution in [1.29, 1.82) is 0 Å². The second-order valence-corrected chi connectivity index (χ2v) is 4.87. The molecule has 0 aromatic rings. The molecule has 1 unspecified atom stereocenters. The smallest absolute Gasteiger partial charge is 0.303 e.